The number of hydrogen-bond donors (Lipinski definition) is 1. The average Bonchev–Trinajstić information content (AvgIpc) is 2.74. The molecule has 0 radical (unpaired) electrons. The van der Waals surface area contributed by atoms with E-state index in [1.807, 2.05) is 18.7 Å². The summed E-state index contributed by atoms with van der Waals surface area (Å²) >= 11 is 3.73. The molecule has 1 aromatic rings. The molecule has 17 heavy (non-hydrogen) atoms. The Labute approximate surface area is 112 Å². The Morgan fingerprint density at radius 1 is 1.59 bits per heavy atom. The summed E-state index contributed by atoms with van der Waals surface area (Å²) in [5.74, 6) is 2.36. The Morgan fingerprint density at radius 3 is 3.00 bits per heavy atom. The molecule has 1 aromatic heterocycles. The van der Waals surface area contributed by atoms with Gasteiger partial charge in [-0.05, 0) is 24.9 Å². The highest BCUT2D eigenvalue weighted by atomic mass is 32.2. The van der Waals surface area contributed by atoms with Gasteiger partial charge in [0, 0.05) is 24.7 Å². The molecule has 0 aliphatic rings. The van der Waals surface area contributed by atoms with Gasteiger partial charge in [-0.15, -0.1) is 11.3 Å². The largest absolute Gasteiger partial charge is 0.383 e. The summed E-state index contributed by atoms with van der Waals surface area (Å²) in [7, 11) is 1.73. The van der Waals surface area contributed by atoms with Crippen molar-refractivity contribution in [1.82, 2.24) is 10.3 Å². The van der Waals surface area contributed by atoms with E-state index in [1.165, 1.54) is 16.5 Å². The third-order valence-electron chi connectivity index (χ3n) is 2.39. The Hall–Kier alpha value is -0.100. The van der Waals surface area contributed by atoms with Crippen molar-refractivity contribution in [3.8, 4) is 0 Å². The van der Waals surface area contributed by atoms with Gasteiger partial charge in [0.15, 0.2) is 0 Å². The van der Waals surface area contributed by atoms with Crippen molar-refractivity contribution in [2.24, 2.45) is 0 Å². The van der Waals surface area contributed by atoms with Crippen LogP contribution in [0.4, 0.5) is 0 Å². The van der Waals surface area contributed by atoms with Crippen LogP contribution in [0.3, 0.4) is 0 Å². The molecule has 0 fully saturated rings. The van der Waals surface area contributed by atoms with E-state index in [9.17, 15) is 0 Å². The highest BCUT2D eigenvalue weighted by molar-refractivity contribution is 7.99. The first-order valence-electron chi connectivity index (χ1n) is 6.00. The predicted molar refractivity (Wildman–Crippen MR) is 77.1 cm³/mol. The van der Waals surface area contributed by atoms with E-state index in [-0.39, 0.29) is 0 Å². The van der Waals surface area contributed by atoms with E-state index in [4.69, 9.17) is 4.74 Å². The number of nitrogens with one attached hydrogen (secondary N) is 1. The van der Waals surface area contributed by atoms with Crippen LogP contribution in [0.15, 0.2) is 5.38 Å². The normalized spacial score (nSPS) is 12.9. The van der Waals surface area contributed by atoms with Gasteiger partial charge < -0.3 is 10.1 Å². The molecule has 5 heteroatoms. The van der Waals surface area contributed by atoms with Crippen LogP contribution in [-0.4, -0.2) is 36.8 Å². The maximum Gasteiger partial charge on any atom is 0.110 e. The molecule has 0 aromatic carbocycles. The quantitative estimate of drug-likeness (QED) is 0.702. The molecule has 0 aliphatic heterocycles. The lowest BCUT2D eigenvalue weighted by atomic mass is 10.2. The molecule has 0 amide bonds. The van der Waals surface area contributed by atoms with Crippen LogP contribution in [0.2, 0.25) is 0 Å². The second kappa shape index (κ2) is 8.91. The van der Waals surface area contributed by atoms with Crippen LogP contribution >= 0.6 is 23.1 Å². The fourth-order valence-corrected chi connectivity index (χ4v) is 3.12. The zero-order valence-electron chi connectivity index (χ0n) is 10.9. The number of aromatic nitrogens is 1. The van der Waals surface area contributed by atoms with Crippen LogP contribution in [-0.2, 0) is 4.74 Å². The summed E-state index contributed by atoms with van der Waals surface area (Å²) in [6.45, 7) is 5.89. The topological polar surface area (TPSA) is 34.1 Å². The van der Waals surface area contributed by atoms with Gasteiger partial charge in [0.2, 0.25) is 0 Å². The zero-order valence-corrected chi connectivity index (χ0v) is 12.5. The number of rotatable bonds is 9. The minimum Gasteiger partial charge on any atom is -0.383 e. The molecule has 1 atom stereocenters. The fraction of sp³-hybridized carbons (Fsp3) is 0.750. The smallest absolute Gasteiger partial charge is 0.110 e. The molecule has 98 valence electrons. The van der Waals surface area contributed by atoms with E-state index in [0.717, 1.165) is 25.3 Å². The lowest BCUT2D eigenvalue weighted by molar-refractivity contribution is 0.195. The van der Waals surface area contributed by atoms with Crippen LogP contribution in [0.1, 0.15) is 30.1 Å². The standard InChI is InChI=1S/C12H22N2OS2/c1-4-16-8-5-11(13-6-7-15-3)12-14-10(2)9-17-12/h9,11,13H,4-8H2,1-3H3. The number of aryl methyl sites for hydroxylation is 1. The number of thiazole rings is 1. The lowest BCUT2D eigenvalue weighted by Gasteiger charge is -2.15. The maximum atomic E-state index is 5.07. The molecule has 1 heterocycles. The van der Waals surface area contributed by atoms with E-state index in [0.29, 0.717) is 6.04 Å². The first-order chi connectivity index (χ1) is 8.27. The number of methoxy groups -OCH3 is 1. The minimum absolute atomic E-state index is 0.378. The molecule has 1 rings (SSSR count). The van der Waals surface area contributed by atoms with Crippen molar-refractivity contribution in [1.29, 1.82) is 0 Å². The summed E-state index contributed by atoms with van der Waals surface area (Å²) in [6, 6.07) is 0.378. The molecular formula is C12H22N2OS2. The van der Waals surface area contributed by atoms with Crippen molar-refractivity contribution in [2.45, 2.75) is 26.3 Å². The average molecular weight is 274 g/mol. The van der Waals surface area contributed by atoms with Gasteiger partial charge >= 0.3 is 0 Å². The molecule has 1 unspecified atom stereocenters. The Bertz CT molecular complexity index is 294. The first kappa shape index (κ1) is 15.0. The van der Waals surface area contributed by atoms with Crippen LogP contribution in [0.5, 0.6) is 0 Å². The van der Waals surface area contributed by atoms with Gasteiger partial charge in [0.25, 0.3) is 0 Å². The Morgan fingerprint density at radius 2 is 2.41 bits per heavy atom. The SMILES string of the molecule is CCSCCC(NCCOC)c1nc(C)cs1. The summed E-state index contributed by atoms with van der Waals surface area (Å²) in [4.78, 5) is 4.57. The minimum atomic E-state index is 0.378. The molecular weight excluding hydrogens is 252 g/mol. The summed E-state index contributed by atoms with van der Waals surface area (Å²) in [5, 5.41) is 6.84. The number of hydrogen-bond acceptors (Lipinski definition) is 5. The maximum absolute atomic E-state index is 5.07. The highest BCUT2D eigenvalue weighted by Gasteiger charge is 2.13. The molecule has 0 bridgehead atoms. The molecule has 0 saturated carbocycles. The monoisotopic (exact) mass is 274 g/mol. The number of ether oxygens (including phenoxy) is 1. The second-order valence-corrected chi connectivity index (χ2v) is 6.10. The molecule has 3 nitrogen and oxygen atoms in total. The van der Waals surface area contributed by atoms with E-state index in [1.54, 1.807) is 18.4 Å². The summed E-state index contributed by atoms with van der Waals surface area (Å²) < 4.78 is 5.07. The van der Waals surface area contributed by atoms with E-state index in [2.05, 4.69) is 22.6 Å². The predicted octanol–water partition coefficient (Wildman–Crippen LogP) is 2.87. The highest BCUT2D eigenvalue weighted by Crippen LogP contribution is 2.22. The lowest BCUT2D eigenvalue weighted by Crippen LogP contribution is -2.25. The van der Waals surface area contributed by atoms with Gasteiger partial charge in [-0.2, -0.15) is 11.8 Å². The Kier molecular flexibility index (Phi) is 7.84. The molecule has 0 aliphatic carbocycles. The van der Waals surface area contributed by atoms with Crippen molar-refractivity contribution in [3.05, 3.63) is 16.1 Å². The third-order valence-corrected chi connectivity index (χ3v) is 4.40. The van der Waals surface area contributed by atoms with Crippen molar-refractivity contribution >= 4 is 23.1 Å². The van der Waals surface area contributed by atoms with Crippen LogP contribution in [0.25, 0.3) is 0 Å². The molecule has 1 N–H and O–H groups in total. The summed E-state index contributed by atoms with van der Waals surface area (Å²) in [6.07, 6.45) is 1.13. The third kappa shape index (κ3) is 5.86. The van der Waals surface area contributed by atoms with Gasteiger partial charge in [-0.25, -0.2) is 4.98 Å². The van der Waals surface area contributed by atoms with Crippen LogP contribution in [0, 0.1) is 6.92 Å². The van der Waals surface area contributed by atoms with Gasteiger partial charge in [0.1, 0.15) is 5.01 Å². The molecule has 0 saturated heterocycles. The molecule has 0 spiro atoms. The van der Waals surface area contributed by atoms with Crippen molar-refractivity contribution in [2.75, 3.05) is 31.8 Å². The van der Waals surface area contributed by atoms with Gasteiger partial charge in [0.05, 0.1) is 12.6 Å². The van der Waals surface area contributed by atoms with Gasteiger partial charge in [-0.1, -0.05) is 6.92 Å². The fourth-order valence-electron chi connectivity index (χ4n) is 1.53. The van der Waals surface area contributed by atoms with Crippen molar-refractivity contribution < 1.29 is 4.74 Å². The second-order valence-electron chi connectivity index (χ2n) is 3.81. The van der Waals surface area contributed by atoms with Crippen LogP contribution < -0.4 is 5.32 Å². The van der Waals surface area contributed by atoms with E-state index >= 15 is 0 Å². The van der Waals surface area contributed by atoms with Crippen molar-refractivity contribution in [3.63, 3.8) is 0 Å². The number of thioether (sulfide) groups is 1. The summed E-state index contributed by atoms with van der Waals surface area (Å²) in [5.41, 5.74) is 1.12. The zero-order chi connectivity index (χ0) is 12.5. The first-order valence-corrected chi connectivity index (χ1v) is 8.03. The Balaban J connectivity index is 2.46. The number of nitrogens with zero attached hydrogens (tertiary/aromatic N) is 1. The van der Waals surface area contributed by atoms with E-state index < -0.39 is 0 Å². The van der Waals surface area contributed by atoms with Gasteiger partial charge in [-0.3, -0.25) is 0 Å².